The molecule has 2 fully saturated rings. The second kappa shape index (κ2) is 2.58. The molecule has 1 aliphatic carbocycles. The maximum absolute atomic E-state index is 4.32. The minimum atomic E-state index is 0.658. The fraction of sp³-hybridized carbons (Fsp3) is 0.455. The van der Waals surface area contributed by atoms with Crippen LogP contribution in [-0.4, -0.2) is 27.9 Å². The minimum Gasteiger partial charge on any atom is -0.316 e. The molecule has 76 valence electrons. The molecule has 0 aromatic carbocycles. The van der Waals surface area contributed by atoms with Gasteiger partial charge in [0.15, 0.2) is 0 Å². The van der Waals surface area contributed by atoms with Gasteiger partial charge in [0.2, 0.25) is 0 Å². The third-order valence-electron chi connectivity index (χ3n) is 3.76. The van der Waals surface area contributed by atoms with Crippen molar-refractivity contribution in [2.24, 2.45) is 11.8 Å². The van der Waals surface area contributed by atoms with Crippen molar-refractivity contribution >= 4 is 5.52 Å². The molecule has 2 aromatic rings. The first-order chi connectivity index (χ1) is 7.45. The third kappa shape index (κ3) is 0.946. The molecule has 2 unspecified atom stereocenters. The highest BCUT2D eigenvalue weighted by Gasteiger charge is 2.55. The molecule has 1 saturated carbocycles. The molecule has 0 spiro atoms. The molecule has 0 radical (unpaired) electrons. The van der Waals surface area contributed by atoms with Crippen LogP contribution < -0.4 is 5.32 Å². The average molecular weight is 200 g/mol. The molecular weight excluding hydrogens is 188 g/mol. The lowest BCUT2D eigenvalue weighted by Gasteiger charge is -2.00. The van der Waals surface area contributed by atoms with Gasteiger partial charge in [-0.1, -0.05) is 11.3 Å². The summed E-state index contributed by atoms with van der Waals surface area (Å²) in [5.41, 5.74) is 2.38. The van der Waals surface area contributed by atoms with Crippen molar-refractivity contribution in [3.8, 4) is 0 Å². The van der Waals surface area contributed by atoms with E-state index < -0.39 is 0 Å². The highest BCUT2D eigenvalue weighted by atomic mass is 15.4. The van der Waals surface area contributed by atoms with Gasteiger partial charge in [0, 0.05) is 12.1 Å². The Kier molecular flexibility index (Phi) is 1.34. The second-order valence-electron chi connectivity index (χ2n) is 4.52. The normalized spacial score (nSPS) is 33.2. The predicted octanol–water partition coefficient (Wildman–Crippen LogP) is 0.662. The first-order valence-corrected chi connectivity index (χ1v) is 5.46. The lowest BCUT2D eigenvalue weighted by atomic mass is 10.2. The van der Waals surface area contributed by atoms with Crippen LogP contribution in [0.4, 0.5) is 0 Å². The van der Waals surface area contributed by atoms with Crippen molar-refractivity contribution < 1.29 is 0 Å². The van der Waals surface area contributed by atoms with Gasteiger partial charge < -0.3 is 5.32 Å². The molecule has 1 saturated heterocycles. The Labute approximate surface area is 87.3 Å². The Hall–Kier alpha value is -1.42. The van der Waals surface area contributed by atoms with Gasteiger partial charge in [0.1, 0.15) is 0 Å². The van der Waals surface area contributed by atoms with Crippen LogP contribution in [0.1, 0.15) is 11.6 Å². The van der Waals surface area contributed by atoms with Gasteiger partial charge in [-0.25, -0.2) is 4.52 Å². The Balaban J connectivity index is 1.82. The summed E-state index contributed by atoms with van der Waals surface area (Å²) in [6, 6.07) is 6.15. The fourth-order valence-electron chi connectivity index (χ4n) is 2.92. The van der Waals surface area contributed by atoms with E-state index >= 15 is 0 Å². The topological polar surface area (TPSA) is 42.2 Å². The lowest BCUT2D eigenvalue weighted by molar-refractivity contribution is 0.674. The number of aromatic nitrogens is 3. The van der Waals surface area contributed by atoms with Crippen LogP contribution in [0.3, 0.4) is 0 Å². The maximum atomic E-state index is 4.32. The van der Waals surface area contributed by atoms with Crippen LogP contribution in [0.15, 0.2) is 24.4 Å². The van der Waals surface area contributed by atoms with Crippen LogP contribution in [-0.2, 0) is 0 Å². The van der Waals surface area contributed by atoms with E-state index in [2.05, 4.69) is 27.8 Å². The van der Waals surface area contributed by atoms with E-state index in [1.165, 1.54) is 11.2 Å². The molecule has 2 aromatic heterocycles. The molecular formula is C11H12N4. The van der Waals surface area contributed by atoms with Crippen molar-refractivity contribution in [3.05, 3.63) is 30.1 Å². The molecule has 2 atom stereocenters. The number of nitrogens with one attached hydrogen (secondary N) is 1. The molecule has 4 nitrogen and oxygen atoms in total. The fourth-order valence-corrected chi connectivity index (χ4v) is 2.92. The van der Waals surface area contributed by atoms with Gasteiger partial charge >= 0.3 is 0 Å². The van der Waals surface area contributed by atoms with Gasteiger partial charge in [-0.15, -0.1) is 5.10 Å². The Morgan fingerprint density at radius 2 is 2.13 bits per heavy atom. The summed E-state index contributed by atoms with van der Waals surface area (Å²) < 4.78 is 1.87. The molecule has 15 heavy (non-hydrogen) atoms. The van der Waals surface area contributed by atoms with Crippen molar-refractivity contribution in [1.82, 2.24) is 20.1 Å². The summed E-state index contributed by atoms with van der Waals surface area (Å²) in [5, 5.41) is 11.9. The molecule has 3 heterocycles. The zero-order valence-electron chi connectivity index (χ0n) is 8.30. The SMILES string of the molecule is c1ccn2nnc(C3C4CNCC43)c2c1. The van der Waals surface area contributed by atoms with E-state index in [9.17, 15) is 0 Å². The number of nitrogens with zero attached hydrogens (tertiary/aromatic N) is 3. The third-order valence-corrected chi connectivity index (χ3v) is 3.76. The van der Waals surface area contributed by atoms with Gasteiger partial charge in [0.25, 0.3) is 0 Å². The van der Waals surface area contributed by atoms with E-state index in [4.69, 9.17) is 0 Å². The number of pyridine rings is 1. The monoisotopic (exact) mass is 200 g/mol. The summed E-state index contributed by atoms with van der Waals surface area (Å²) in [6.07, 6.45) is 1.96. The van der Waals surface area contributed by atoms with Crippen molar-refractivity contribution in [2.45, 2.75) is 5.92 Å². The number of piperidine rings is 1. The summed E-state index contributed by atoms with van der Waals surface area (Å²) in [5.74, 6) is 2.28. The number of rotatable bonds is 1. The van der Waals surface area contributed by atoms with Crippen LogP contribution in [0.2, 0.25) is 0 Å². The largest absolute Gasteiger partial charge is 0.316 e. The van der Waals surface area contributed by atoms with Crippen LogP contribution in [0.5, 0.6) is 0 Å². The smallest absolute Gasteiger partial charge is 0.0942 e. The van der Waals surface area contributed by atoms with E-state index in [0.29, 0.717) is 5.92 Å². The van der Waals surface area contributed by atoms with Gasteiger partial charge in [-0.3, -0.25) is 0 Å². The van der Waals surface area contributed by atoms with Gasteiger partial charge in [0.05, 0.1) is 11.2 Å². The number of hydrogen-bond acceptors (Lipinski definition) is 3. The Morgan fingerprint density at radius 3 is 3.00 bits per heavy atom. The highest BCUT2D eigenvalue weighted by Crippen LogP contribution is 2.55. The first-order valence-electron chi connectivity index (χ1n) is 5.46. The van der Waals surface area contributed by atoms with Crippen molar-refractivity contribution in [2.75, 3.05) is 13.1 Å². The Bertz CT molecular complexity index is 508. The molecule has 1 N–H and O–H groups in total. The molecule has 1 aliphatic heterocycles. The molecule has 2 aliphatic rings. The number of hydrogen-bond donors (Lipinski definition) is 1. The van der Waals surface area contributed by atoms with Gasteiger partial charge in [-0.05, 0) is 37.1 Å². The van der Waals surface area contributed by atoms with E-state index in [1.807, 2.05) is 16.8 Å². The summed E-state index contributed by atoms with van der Waals surface area (Å²) >= 11 is 0. The quantitative estimate of drug-likeness (QED) is 0.735. The summed E-state index contributed by atoms with van der Waals surface area (Å²) in [4.78, 5) is 0. The van der Waals surface area contributed by atoms with E-state index in [1.54, 1.807) is 0 Å². The maximum Gasteiger partial charge on any atom is 0.0942 e. The zero-order chi connectivity index (χ0) is 9.83. The second-order valence-corrected chi connectivity index (χ2v) is 4.52. The van der Waals surface area contributed by atoms with Crippen molar-refractivity contribution in [3.63, 3.8) is 0 Å². The zero-order valence-corrected chi connectivity index (χ0v) is 8.30. The molecule has 0 amide bonds. The van der Waals surface area contributed by atoms with Crippen LogP contribution in [0, 0.1) is 11.8 Å². The number of fused-ring (bicyclic) bond motifs is 2. The summed E-state index contributed by atoms with van der Waals surface area (Å²) in [6.45, 7) is 2.31. The molecule has 0 bridgehead atoms. The van der Waals surface area contributed by atoms with Gasteiger partial charge in [-0.2, -0.15) is 0 Å². The van der Waals surface area contributed by atoms with Crippen molar-refractivity contribution in [1.29, 1.82) is 0 Å². The average Bonchev–Trinajstić information content (AvgIpc) is 2.73. The molecule has 4 heteroatoms. The highest BCUT2D eigenvalue weighted by molar-refractivity contribution is 5.54. The lowest BCUT2D eigenvalue weighted by Crippen LogP contribution is -2.14. The minimum absolute atomic E-state index is 0.658. The van der Waals surface area contributed by atoms with Crippen LogP contribution >= 0.6 is 0 Å². The first kappa shape index (κ1) is 7.82. The van der Waals surface area contributed by atoms with Crippen LogP contribution in [0.25, 0.3) is 5.52 Å². The Morgan fingerprint density at radius 1 is 1.27 bits per heavy atom. The summed E-state index contributed by atoms with van der Waals surface area (Å²) in [7, 11) is 0. The predicted molar refractivity (Wildman–Crippen MR) is 55.6 cm³/mol. The molecule has 4 rings (SSSR count). The van der Waals surface area contributed by atoms with E-state index in [0.717, 1.165) is 24.9 Å². The van der Waals surface area contributed by atoms with E-state index in [-0.39, 0.29) is 0 Å². The standard InChI is InChI=1S/C11H12N4/c1-2-4-15-9(3-1)11(13-14-15)10-7-5-12-6-8(7)10/h1-4,7-8,10,12H,5-6H2.